The Hall–Kier alpha value is -2.03. The third-order valence-corrected chi connectivity index (χ3v) is 2.71. The molecule has 0 aromatic heterocycles. The summed E-state index contributed by atoms with van der Waals surface area (Å²) in [5, 5.41) is 3.24. The van der Waals surface area contributed by atoms with Crippen molar-refractivity contribution in [1.82, 2.24) is 5.32 Å². The van der Waals surface area contributed by atoms with Crippen molar-refractivity contribution in [3.05, 3.63) is 60.0 Å². The van der Waals surface area contributed by atoms with E-state index in [2.05, 4.69) is 24.4 Å². The number of hydrogen-bond donors (Lipinski definition) is 1. The number of nitrogens with one attached hydrogen (secondary N) is 1. The Morgan fingerprint density at radius 2 is 2.12 bits per heavy atom. The largest absolute Gasteiger partial charge is 0.431 e. The SMILES string of the molecule is CCC(NC=C1C=COC1=O)c1ccccc1. The van der Waals surface area contributed by atoms with Crippen LogP contribution in [-0.2, 0) is 9.53 Å². The minimum Gasteiger partial charge on any atom is -0.431 e. The molecule has 0 saturated heterocycles. The Morgan fingerprint density at radius 3 is 2.71 bits per heavy atom. The normalized spacial score (nSPS) is 18.2. The van der Waals surface area contributed by atoms with Crippen molar-refractivity contribution in [2.45, 2.75) is 19.4 Å². The fourth-order valence-electron chi connectivity index (χ4n) is 1.74. The van der Waals surface area contributed by atoms with Gasteiger partial charge in [-0.1, -0.05) is 37.3 Å². The van der Waals surface area contributed by atoms with E-state index in [0.29, 0.717) is 5.57 Å². The lowest BCUT2D eigenvalue weighted by Crippen LogP contribution is -2.16. The maximum absolute atomic E-state index is 11.2. The molecule has 0 fully saturated rings. The van der Waals surface area contributed by atoms with Crippen LogP contribution in [0.15, 0.2) is 54.4 Å². The minimum absolute atomic E-state index is 0.213. The average Bonchev–Trinajstić information content (AvgIpc) is 2.77. The molecule has 3 heteroatoms. The van der Waals surface area contributed by atoms with Crippen LogP contribution in [0.4, 0.5) is 0 Å². The fourth-order valence-corrected chi connectivity index (χ4v) is 1.74. The Kier molecular flexibility index (Phi) is 3.60. The summed E-state index contributed by atoms with van der Waals surface area (Å²) in [6.45, 7) is 2.10. The smallest absolute Gasteiger partial charge is 0.344 e. The molecule has 88 valence electrons. The zero-order valence-electron chi connectivity index (χ0n) is 9.72. The van der Waals surface area contributed by atoms with Crippen molar-refractivity contribution in [2.24, 2.45) is 0 Å². The van der Waals surface area contributed by atoms with Crippen LogP contribution in [0, 0.1) is 0 Å². The van der Waals surface area contributed by atoms with Gasteiger partial charge in [-0.2, -0.15) is 0 Å². The van der Waals surface area contributed by atoms with E-state index >= 15 is 0 Å². The van der Waals surface area contributed by atoms with Gasteiger partial charge in [0.05, 0.1) is 17.9 Å². The summed E-state index contributed by atoms with van der Waals surface area (Å²) >= 11 is 0. The highest BCUT2D eigenvalue weighted by atomic mass is 16.5. The molecule has 1 heterocycles. The Balaban J connectivity index is 2.06. The van der Waals surface area contributed by atoms with Crippen LogP contribution in [-0.4, -0.2) is 5.97 Å². The monoisotopic (exact) mass is 229 g/mol. The van der Waals surface area contributed by atoms with Gasteiger partial charge >= 0.3 is 5.97 Å². The van der Waals surface area contributed by atoms with Gasteiger partial charge in [-0.25, -0.2) is 4.79 Å². The number of rotatable bonds is 4. The van der Waals surface area contributed by atoms with Gasteiger partial charge in [-0.3, -0.25) is 0 Å². The van der Waals surface area contributed by atoms with Crippen molar-refractivity contribution in [3.8, 4) is 0 Å². The van der Waals surface area contributed by atoms with E-state index < -0.39 is 0 Å². The van der Waals surface area contributed by atoms with E-state index in [1.54, 1.807) is 12.3 Å². The van der Waals surface area contributed by atoms with E-state index in [-0.39, 0.29) is 12.0 Å². The molecule has 1 unspecified atom stereocenters. The predicted molar refractivity (Wildman–Crippen MR) is 65.9 cm³/mol. The third-order valence-electron chi connectivity index (χ3n) is 2.71. The molecule has 1 aromatic rings. The van der Waals surface area contributed by atoms with Crippen molar-refractivity contribution < 1.29 is 9.53 Å². The third kappa shape index (κ3) is 2.75. The Morgan fingerprint density at radius 1 is 1.35 bits per heavy atom. The lowest BCUT2D eigenvalue weighted by Gasteiger charge is -2.15. The number of esters is 1. The van der Waals surface area contributed by atoms with Crippen LogP contribution in [0.25, 0.3) is 0 Å². The predicted octanol–water partition coefficient (Wildman–Crippen LogP) is 2.68. The fraction of sp³-hybridized carbons (Fsp3) is 0.214. The van der Waals surface area contributed by atoms with Crippen LogP contribution in [0.3, 0.4) is 0 Å². The minimum atomic E-state index is -0.305. The van der Waals surface area contributed by atoms with Gasteiger partial charge in [0.15, 0.2) is 0 Å². The van der Waals surface area contributed by atoms with Gasteiger partial charge in [-0.15, -0.1) is 0 Å². The van der Waals surface area contributed by atoms with Crippen LogP contribution in [0.5, 0.6) is 0 Å². The van der Waals surface area contributed by atoms with Gasteiger partial charge in [0, 0.05) is 6.20 Å². The highest BCUT2D eigenvalue weighted by Gasteiger charge is 2.13. The molecule has 17 heavy (non-hydrogen) atoms. The second-order valence-corrected chi connectivity index (χ2v) is 3.85. The summed E-state index contributed by atoms with van der Waals surface area (Å²) in [5.74, 6) is -0.305. The first-order chi connectivity index (χ1) is 8.31. The summed E-state index contributed by atoms with van der Waals surface area (Å²) < 4.78 is 4.71. The van der Waals surface area contributed by atoms with Gasteiger partial charge in [0.2, 0.25) is 0 Å². The van der Waals surface area contributed by atoms with Crippen LogP contribution in [0.1, 0.15) is 24.9 Å². The highest BCUT2D eigenvalue weighted by Crippen LogP contribution is 2.17. The van der Waals surface area contributed by atoms with Crippen LogP contribution in [0.2, 0.25) is 0 Å². The molecule has 1 N–H and O–H groups in total. The summed E-state index contributed by atoms with van der Waals surface area (Å²) in [5.41, 5.74) is 1.77. The second kappa shape index (κ2) is 5.34. The van der Waals surface area contributed by atoms with Gasteiger partial charge in [0.1, 0.15) is 0 Å². The molecule has 1 aliphatic rings. The molecular formula is C14H15NO2. The van der Waals surface area contributed by atoms with Crippen LogP contribution >= 0.6 is 0 Å². The number of carbonyl (C=O) groups is 1. The van der Waals surface area contributed by atoms with Crippen molar-refractivity contribution in [1.29, 1.82) is 0 Å². The molecule has 0 bridgehead atoms. The average molecular weight is 229 g/mol. The topological polar surface area (TPSA) is 38.3 Å². The first-order valence-corrected chi connectivity index (χ1v) is 5.70. The van der Waals surface area contributed by atoms with E-state index in [1.165, 1.54) is 11.8 Å². The van der Waals surface area contributed by atoms with E-state index in [1.807, 2.05) is 18.2 Å². The standard InChI is InChI=1S/C14H15NO2/c1-2-13(11-6-4-3-5-7-11)15-10-12-8-9-17-14(12)16/h3-10,13,15H,2H2,1H3. The Bertz CT molecular complexity index is 449. The van der Waals surface area contributed by atoms with Crippen molar-refractivity contribution in [3.63, 3.8) is 0 Å². The Labute approximate surface area is 101 Å². The summed E-state index contributed by atoms with van der Waals surface area (Å²) in [4.78, 5) is 11.2. The summed E-state index contributed by atoms with van der Waals surface area (Å²) in [6.07, 6.45) is 5.73. The molecular weight excluding hydrogens is 214 g/mol. The maximum atomic E-state index is 11.2. The molecule has 1 aromatic carbocycles. The van der Waals surface area contributed by atoms with Crippen molar-refractivity contribution in [2.75, 3.05) is 0 Å². The molecule has 1 aliphatic heterocycles. The van der Waals surface area contributed by atoms with E-state index in [0.717, 1.165) is 6.42 Å². The number of carbonyl (C=O) groups excluding carboxylic acids is 1. The lowest BCUT2D eigenvalue weighted by molar-refractivity contribution is -0.132. The number of benzene rings is 1. The van der Waals surface area contributed by atoms with Crippen LogP contribution < -0.4 is 5.32 Å². The number of cyclic esters (lactones) is 1. The first-order valence-electron chi connectivity index (χ1n) is 5.70. The molecule has 0 radical (unpaired) electrons. The van der Waals surface area contributed by atoms with Gasteiger partial charge in [0.25, 0.3) is 0 Å². The second-order valence-electron chi connectivity index (χ2n) is 3.85. The number of hydrogen-bond acceptors (Lipinski definition) is 3. The zero-order valence-corrected chi connectivity index (χ0v) is 9.72. The maximum Gasteiger partial charge on any atom is 0.344 e. The van der Waals surface area contributed by atoms with E-state index in [9.17, 15) is 4.79 Å². The molecule has 0 amide bonds. The van der Waals surface area contributed by atoms with Gasteiger partial charge in [-0.05, 0) is 18.1 Å². The molecule has 3 nitrogen and oxygen atoms in total. The number of ether oxygens (including phenoxy) is 1. The van der Waals surface area contributed by atoms with E-state index in [4.69, 9.17) is 4.74 Å². The summed E-state index contributed by atoms with van der Waals surface area (Å²) in [6, 6.07) is 10.4. The summed E-state index contributed by atoms with van der Waals surface area (Å²) in [7, 11) is 0. The quantitative estimate of drug-likeness (QED) is 0.637. The van der Waals surface area contributed by atoms with Crippen molar-refractivity contribution >= 4 is 5.97 Å². The molecule has 0 saturated carbocycles. The molecule has 0 spiro atoms. The highest BCUT2D eigenvalue weighted by molar-refractivity contribution is 5.93. The molecule has 0 aliphatic carbocycles. The zero-order chi connectivity index (χ0) is 12.1. The lowest BCUT2D eigenvalue weighted by atomic mass is 10.0. The molecule has 1 atom stereocenters. The first kappa shape index (κ1) is 11.5. The van der Waals surface area contributed by atoms with Gasteiger partial charge < -0.3 is 10.1 Å². The molecule has 2 rings (SSSR count).